The summed E-state index contributed by atoms with van der Waals surface area (Å²) in [6.45, 7) is 0. The summed E-state index contributed by atoms with van der Waals surface area (Å²) in [4.78, 5) is 50.9. The van der Waals surface area contributed by atoms with Gasteiger partial charge in [0.2, 0.25) is 0 Å². The summed E-state index contributed by atoms with van der Waals surface area (Å²) >= 11 is 13.4. The number of nitrogens with zero attached hydrogens (tertiary/aromatic N) is 8. The molecule has 0 aliphatic heterocycles. The maximum absolute atomic E-state index is 13.2. The van der Waals surface area contributed by atoms with E-state index in [-0.39, 0.29) is 55.4 Å². The number of urea groups is 1. The van der Waals surface area contributed by atoms with Crippen LogP contribution in [0.4, 0.5) is 44.6 Å². The van der Waals surface area contributed by atoms with Crippen molar-refractivity contribution in [1.29, 1.82) is 0 Å². The Morgan fingerprint density at radius 2 is 1.09 bits per heavy atom. The number of phenols is 2. The number of fused-ring (bicyclic) bond motifs is 2. The molecule has 0 aromatic heterocycles. The maximum atomic E-state index is 13.2. The Labute approximate surface area is 393 Å². The molecule has 0 bridgehead atoms. The van der Waals surface area contributed by atoms with Crippen LogP contribution in [0.3, 0.4) is 0 Å². The van der Waals surface area contributed by atoms with Crippen molar-refractivity contribution < 1.29 is 29.6 Å². The van der Waals surface area contributed by atoms with Gasteiger partial charge in [-0.25, -0.2) is 15.2 Å². The minimum Gasteiger partial charge on any atom is -0.505 e. The number of nitro benzene ring substituents is 2. The first-order valence-corrected chi connectivity index (χ1v) is 20.7. The highest BCUT2D eigenvalue weighted by Gasteiger charge is 2.19. The Balaban J connectivity index is 0.996. The molecule has 334 valence electrons. The Morgan fingerprint density at radius 1 is 0.574 bits per heavy atom. The summed E-state index contributed by atoms with van der Waals surface area (Å²) < 4.78 is 0. The lowest BCUT2D eigenvalue weighted by atomic mass is 10.0. The molecular weight excluding hydrogens is 915 g/mol. The molecule has 0 spiro atoms. The number of carbonyl (C=O) groups excluding carboxylic acids is 2. The van der Waals surface area contributed by atoms with Crippen molar-refractivity contribution in [1.82, 2.24) is 5.43 Å². The first-order valence-electron chi connectivity index (χ1n) is 19.9. The molecule has 20 heteroatoms. The molecule has 8 rings (SSSR count). The summed E-state index contributed by atoms with van der Waals surface area (Å²) in [6.07, 6.45) is 2.40. The van der Waals surface area contributed by atoms with Crippen molar-refractivity contribution in [2.24, 2.45) is 30.6 Å². The predicted octanol–water partition coefficient (Wildman–Crippen LogP) is 13.4. The number of phenolic OH excluding ortho intramolecular Hbond substituents is 2. The predicted molar refractivity (Wildman–Crippen MR) is 259 cm³/mol. The highest BCUT2D eigenvalue weighted by Crippen LogP contribution is 2.44. The number of non-ortho nitro benzene ring substituents is 2. The summed E-state index contributed by atoms with van der Waals surface area (Å²) in [6, 6.07) is 37.3. The molecule has 0 aliphatic carbocycles. The molecule has 0 unspecified atom stereocenters. The summed E-state index contributed by atoms with van der Waals surface area (Å²) in [7, 11) is 0. The van der Waals surface area contributed by atoms with E-state index < -0.39 is 33.3 Å². The third kappa shape index (κ3) is 10.2. The van der Waals surface area contributed by atoms with Crippen molar-refractivity contribution in [2.45, 2.75) is 0 Å². The second-order valence-electron chi connectivity index (χ2n) is 14.5. The van der Waals surface area contributed by atoms with E-state index in [0.717, 1.165) is 6.21 Å². The van der Waals surface area contributed by atoms with Crippen molar-refractivity contribution in [3.05, 3.63) is 193 Å². The number of benzene rings is 8. The smallest absolute Gasteiger partial charge is 0.345 e. The number of azo groups is 2. The highest BCUT2D eigenvalue weighted by atomic mass is 35.5. The number of hydrogen-bond acceptors (Lipinski definition) is 13. The first kappa shape index (κ1) is 45.3. The fraction of sp³-hybridized carbons (Fsp3) is 0. The second kappa shape index (κ2) is 19.9. The van der Waals surface area contributed by atoms with Crippen LogP contribution in [-0.2, 0) is 0 Å². The van der Waals surface area contributed by atoms with E-state index in [4.69, 9.17) is 23.2 Å². The third-order valence-corrected chi connectivity index (χ3v) is 10.7. The molecule has 4 N–H and O–H groups in total. The number of rotatable bonds is 12. The fourth-order valence-electron chi connectivity index (χ4n) is 6.79. The number of amides is 3. The van der Waals surface area contributed by atoms with Gasteiger partial charge in [-0.3, -0.25) is 25.0 Å². The molecule has 3 amide bonds. The van der Waals surface area contributed by atoms with Crippen LogP contribution in [-0.4, -0.2) is 44.4 Å². The normalized spacial score (nSPS) is 11.6. The van der Waals surface area contributed by atoms with E-state index in [9.17, 15) is 40.0 Å². The first-order chi connectivity index (χ1) is 32.8. The second-order valence-corrected chi connectivity index (χ2v) is 15.3. The quantitative estimate of drug-likeness (QED) is 0.0300. The largest absolute Gasteiger partial charge is 0.505 e. The molecule has 0 saturated heterocycles. The summed E-state index contributed by atoms with van der Waals surface area (Å²) in [5, 5.41) is 71.1. The number of hydrazone groups is 1. The monoisotopic (exact) mass is 944 g/mol. The van der Waals surface area contributed by atoms with E-state index in [1.165, 1.54) is 48.7 Å². The van der Waals surface area contributed by atoms with Crippen molar-refractivity contribution in [3.63, 3.8) is 0 Å². The third-order valence-electron chi connectivity index (χ3n) is 10.1. The zero-order chi connectivity index (χ0) is 47.9. The van der Waals surface area contributed by atoms with Crippen LogP contribution in [0.1, 0.15) is 21.5 Å². The average Bonchev–Trinajstić information content (AvgIpc) is 3.33. The van der Waals surface area contributed by atoms with E-state index >= 15 is 0 Å². The van der Waals surface area contributed by atoms with Crippen LogP contribution in [0.5, 0.6) is 11.5 Å². The molecular formula is C48H30Cl2N10O8. The van der Waals surface area contributed by atoms with E-state index in [0.29, 0.717) is 43.8 Å². The van der Waals surface area contributed by atoms with Gasteiger partial charge in [0.25, 0.3) is 17.3 Å². The molecule has 0 fully saturated rings. The summed E-state index contributed by atoms with van der Waals surface area (Å²) in [5.74, 6) is -1.64. The van der Waals surface area contributed by atoms with Gasteiger partial charge in [0.15, 0.2) is 11.5 Å². The van der Waals surface area contributed by atoms with Gasteiger partial charge in [-0.15, -0.1) is 20.5 Å². The van der Waals surface area contributed by atoms with Crippen molar-refractivity contribution in [2.75, 3.05) is 5.32 Å². The van der Waals surface area contributed by atoms with Crippen LogP contribution >= 0.6 is 23.2 Å². The number of nitrogens with one attached hydrogen (secondary N) is 2. The molecule has 18 nitrogen and oxygen atoms in total. The van der Waals surface area contributed by atoms with Gasteiger partial charge in [-0.2, -0.15) is 5.10 Å². The number of hydrogen-bond donors (Lipinski definition) is 4. The van der Waals surface area contributed by atoms with Gasteiger partial charge < -0.3 is 15.5 Å². The fourth-order valence-corrected chi connectivity index (χ4v) is 7.23. The van der Waals surface area contributed by atoms with E-state index in [1.54, 1.807) is 103 Å². The number of aromatic hydroxyl groups is 2. The summed E-state index contributed by atoms with van der Waals surface area (Å²) in [5.41, 5.74) is 4.39. The molecule has 68 heavy (non-hydrogen) atoms. The van der Waals surface area contributed by atoms with Gasteiger partial charge in [-0.1, -0.05) is 108 Å². The number of halogens is 2. The molecule has 8 aromatic rings. The molecule has 0 aliphatic rings. The Bertz CT molecular complexity index is 3490. The standard InChI is InChI=1S/C48H30Cl2N10O8/c49-38-22-29(15-17-40(38)54-56-43-35-13-3-1-9-31(35)21-37(45(43)61)47(63)58-52-26-28-8-6-12-34(20-28)60(67)68)30-16-18-41(39(50)23-30)55-57-44-36-14-4-2-10-32(36)24-42(46(44)62)53-48(64)51-25-27-7-5-11-33(19-27)59(65)66/h1-26,61-62H,(H,53,64)(H,58,63). The molecule has 0 atom stereocenters. The minimum atomic E-state index is -0.855. The number of anilines is 1. The van der Waals surface area contributed by atoms with E-state index in [2.05, 4.69) is 41.3 Å². The minimum absolute atomic E-state index is 0.00462. The number of nitro groups is 2. The topological polar surface area (TPSA) is 259 Å². The number of carbonyl (C=O) groups is 2. The lowest BCUT2D eigenvalue weighted by molar-refractivity contribution is -0.385. The lowest BCUT2D eigenvalue weighted by Crippen LogP contribution is -2.17. The van der Waals surface area contributed by atoms with Crippen molar-refractivity contribution in [3.8, 4) is 22.6 Å². The van der Waals surface area contributed by atoms with Gasteiger partial charge in [0.1, 0.15) is 22.7 Å². The zero-order valence-corrected chi connectivity index (χ0v) is 36.2. The molecule has 0 saturated carbocycles. The maximum Gasteiger partial charge on any atom is 0.345 e. The molecule has 8 aromatic carbocycles. The number of aliphatic imine (C=N–C) groups is 1. The van der Waals surface area contributed by atoms with E-state index in [1.807, 2.05) is 0 Å². The highest BCUT2D eigenvalue weighted by molar-refractivity contribution is 6.34. The van der Waals surface area contributed by atoms with Gasteiger partial charge in [-0.05, 0) is 63.9 Å². The Morgan fingerprint density at radius 3 is 1.63 bits per heavy atom. The molecule has 0 heterocycles. The van der Waals surface area contributed by atoms with Crippen LogP contribution in [0.15, 0.2) is 176 Å². The lowest BCUT2D eigenvalue weighted by Gasteiger charge is -2.11. The van der Waals surface area contributed by atoms with Crippen LogP contribution in [0.25, 0.3) is 32.7 Å². The van der Waals surface area contributed by atoms with Crippen molar-refractivity contribution >= 4 is 109 Å². The SMILES string of the molecule is O=C(N=Cc1cccc([N+](=O)[O-])c1)Nc1cc2ccccc2c(N=Nc2ccc(-c3ccc(N=Nc4c(O)c(C(=O)NN=Cc5cccc([N+](=O)[O-])c5)cc5ccccc45)c(Cl)c3)cc2Cl)c1O. The molecule has 0 radical (unpaired) electrons. The van der Waals surface area contributed by atoms with Gasteiger partial charge >= 0.3 is 6.03 Å². The van der Waals surface area contributed by atoms with Crippen LogP contribution < -0.4 is 10.7 Å². The average molecular weight is 946 g/mol. The van der Waals surface area contributed by atoms with Crippen LogP contribution in [0.2, 0.25) is 10.0 Å². The van der Waals surface area contributed by atoms with Gasteiger partial charge in [0, 0.05) is 46.8 Å². The Kier molecular flexibility index (Phi) is 13.2. The Hall–Kier alpha value is -9.26. The van der Waals surface area contributed by atoms with Crippen LogP contribution in [0, 0.1) is 20.2 Å². The zero-order valence-electron chi connectivity index (χ0n) is 34.7. The van der Waals surface area contributed by atoms with Gasteiger partial charge in [0.05, 0.1) is 37.4 Å².